The number of nitrogens with one attached hydrogen (secondary N) is 1. The van der Waals surface area contributed by atoms with Gasteiger partial charge in [-0.2, -0.15) is 5.10 Å². The van der Waals surface area contributed by atoms with E-state index in [1.807, 2.05) is 24.3 Å². The molecule has 0 atom stereocenters. The van der Waals surface area contributed by atoms with E-state index >= 15 is 0 Å². The first-order valence-electron chi connectivity index (χ1n) is 8.14. The van der Waals surface area contributed by atoms with E-state index in [-0.39, 0.29) is 5.11 Å². The van der Waals surface area contributed by atoms with E-state index in [1.54, 1.807) is 25.5 Å². The molecule has 27 heavy (non-hydrogen) atoms. The van der Waals surface area contributed by atoms with Gasteiger partial charge in [0.2, 0.25) is 0 Å². The molecule has 7 heteroatoms. The Hall–Kier alpha value is -2.83. The van der Waals surface area contributed by atoms with Crippen LogP contribution in [0, 0.1) is 0 Å². The average Bonchev–Trinajstić information content (AvgIpc) is 2.66. The quantitative estimate of drug-likeness (QED) is 0.368. The topological polar surface area (TPSA) is 68.9 Å². The van der Waals surface area contributed by atoms with Crippen LogP contribution < -0.4 is 20.6 Å². The third-order valence-corrected chi connectivity index (χ3v) is 4.26. The summed E-state index contributed by atoms with van der Waals surface area (Å²) in [7, 11) is 1.56. The fraction of sp³-hybridized carbons (Fsp3) is 0.100. The maximum atomic E-state index is 6.40. The SMILES string of the molecule is COc1cc(/C=N\NC(N)=S)cc(Cl)c1OCc1cccc2ccccc12. The fourth-order valence-electron chi connectivity index (χ4n) is 2.69. The van der Waals surface area contributed by atoms with Crippen molar-refractivity contribution in [2.75, 3.05) is 7.11 Å². The predicted molar refractivity (Wildman–Crippen MR) is 114 cm³/mol. The van der Waals surface area contributed by atoms with Crippen molar-refractivity contribution in [3.63, 3.8) is 0 Å². The highest BCUT2D eigenvalue weighted by Crippen LogP contribution is 2.37. The van der Waals surface area contributed by atoms with Crippen molar-refractivity contribution in [2.45, 2.75) is 6.61 Å². The Bertz CT molecular complexity index is 1000. The predicted octanol–water partition coefficient (Wildman–Crippen LogP) is 4.25. The Balaban J connectivity index is 1.84. The maximum absolute atomic E-state index is 6.40. The number of hydrogen-bond acceptors (Lipinski definition) is 4. The Morgan fingerprint density at radius 3 is 2.78 bits per heavy atom. The van der Waals surface area contributed by atoms with E-state index in [9.17, 15) is 0 Å². The normalized spacial score (nSPS) is 10.9. The minimum absolute atomic E-state index is 0.0827. The van der Waals surface area contributed by atoms with Crippen LogP contribution in [-0.2, 0) is 6.61 Å². The van der Waals surface area contributed by atoms with Crippen LogP contribution in [0.25, 0.3) is 10.8 Å². The van der Waals surface area contributed by atoms with Gasteiger partial charge >= 0.3 is 0 Å². The molecule has 0 aliphatic carbocycles. The molecule has 0 heterocycles. The number of fused-ring (bicyclic) bond motifs is 1. The molecule has 0 saturated heterocycles. The lowest BCUT2D eigenvalue weighted by Crippen LogP contribution is -2.23. The Morgan fingerprint density at radius 1 is 1.22 bits per heavy atom. The number of nitrogens with two attached hydrogens (primary N) is 1. The number of nitrogens with zero attached hydrogens (tertiary/aromatic N) is 1. The largest absolute Gasteiger partial charge is 0.493 e. The summed E-state index contributed by atoms with van der Waals surface area (Å²) in [5.41, 5.74) is 9.62. The lowest BCUT2D eigenvalue weighted by Gasteiger charge is -2.14. The lowest BCUT2D eigenvalue weighted by molar-refractivity contribution is 0.286. The smallest absolute Gasteiger partial charge is 0.184 e. The highest BCUT2D eigenvalue weighted by Gasteiger charge is 2.12. The molecule has 0 aromatic heterocycles. The molecule has 0 saturated carbocycles. The molecular weight excluding hydrogens is 382 g/mol. The summed E-state index contributed by atoms with van der Waals surface area (Å²) in [6, 6.07) is 17.8. The van der Waals surface area contributed by atoms with Gasteiger partial charge in [-0.25, -0.2) is 0 Å². The summed E-state index contributed by atoms with van der Waals surface area (Å²) in [5.74, 6) is 0.992. The fourth-order valence-corrected chi connectivity index (χ4v) is 3.02. The maximum Gasteiger partial charge on any atom is 0.184 e. The number of halogens is 1. The number of ether oxygens (including phenoxy) is 2. The second-order valence-electron chi connectivity index (χ2n) is 5.70. The van der Waals surface area contributed by atoms with Gasteiger partial charge in [-0.15, -0.1) is 0 Å². The molecule has 0 amide bonds. The van der Waals surface area contributed by atoms with Crippen LogP contribution in [0.15, 0.2) is 59.7 Å². The monoisotopic (exact) mass is 399 g/mol. The standard InChI is InChI=1S/C20H18ClN3O2S/c1-25-18-10-13(11-23-24-20(22)27)9-17(21)19(18)26-12-15-7-4-6-14-5-2-3-8-16(14)15/h2-11H,12H2,1H3,(H3,22,24,27)/b23-11-. The number of benzene rings is 3. The molecule has 0 fully saturated rings. The second-order valence-corrected chi connectivity index (χ2v) is 6.54. The highest BCUT2D eigenvalue weighted by molar-refractivity contribution is 7.80. The van der Waals surface area contributed by atoms with E-state index in [2.05, 4.69) is 28.7 Å². The van der Waals surface area contributed by atoms with E-state index in [4.69, 9.17) is 39.0 Å². The van der Waals surface area contributed by atoms with Gasteiger partial charge < -0.3 is 15.2 Å². The summed E-state index contributed by atoms with van der Waals surface area (Å²) >= 11 is 11.1. The number of hydrazone groups is 1. The molecule has 3 N–H and O–H groups in total. The molecule has 5 nitrogen and oxygen atoms in total. The molecule has 3 rings (SSSR count). The van der Waals surface area contributed by atoms with Crippen molar-refractivity contribution in [1.29, 1.82) is 0 Å². The zero-order chi connectivity index (χ0) is 19.2. The minimum Gasteiger partial charge on any atom is -0.493 e. The van der Waals surface area contributed by atoms with Crippen LogP contribution in [0.5, 0.6) is 11.5 Å². The summed E-state index contributed by atoms with van der Waals surface area (Å²) < 4.78 is 11.4. The molecule has 0 aliphatic rings. The molecule has 3 aromatic rings. The second kappa shape index (κ2) is 8.70. The number of hydrogen-bond donors (Lipinski definition) is 2. The minimum atomic E-state index is 0.0827. The van der Waals surface area contributed by atoms with Crippen LogP contribution in [0.4, 0.5) is 0 Å². The van der Waals surface area contributed by atoms with Crippen molar-refractivity contribution < 1.29 is 9.47 Å². The third kappa shape index (κ3) is 4.67. The van der Waals surface area contributed by atoms with Gasteiger partial charge in [-0.3, -0.25) is 5.43 Å². The molecule has 0 spiro atoms. The third-order valence-electron chi connectivity index (χ3n) is 3.89. The average molecular weight is 400 g/mol. The van der Waals surface area contributed by atoms with Crippen LogP contribution in [-0.4, -0.2) is 18.4 Å². The molecular formula is C20H18ClN3O2S. The van der Waals surface area contributed by atoms with Gasteiger partial charge in [0.25, 0.3) is 0 Å². The summed E-state index contributed by atoms with van der Waals surface area (Å²) in [5, 5.41) is 6.73. The molecule has 0 unspecified atom stereocenters. The first-order chi connectivity index (χ1) is 13.1. The van der Waals surface area contributed by atoms with E-state index in [1.165, 1.54) is 0 Å². The Morgan fingerprint density at radius 2 is 2.00 bits per heavy atom. The van der Waals surface area contributed by atoms with Gasteiger partial charge in [0.05, 0.1) is 18.3 Å². The van der Waals surface area contributed by atoms with Crippen LogP contribution in [0.2, 0.25) is 5.02 Å². The van der Waals surface area contributed by atoms with Crippen LogP contribution in [0.1, 0.15) is 11.1 Å². The summed E-state index contributed by atoms with van der Waals surface area (Å²) in [6.45, 7) is 0.369. The van der Waals surface area contributed by atoms with Crippen molar-refractivity contribution in [3.8, 4) is 11.5 Å². The van der Waals surface area contributed by atoms with Crippen molar-refractivity contribution in [3.05, 3.63) is 70.7 Å². The highest BCUT2D eigenvalue weighted by atomic mass is 35.5. The Labute approximate surface area is 167 Å². The number of rotatable bonds is 6. The Kier molecular flexibility index (Phi) is 6.11. The van der Waals surface area contributed by atoms with E-state index < -0.39 is 0 Å². The van der Waals surface area contributed by atoms with Crippen LogP contribution >= 0.6 is 23.8 Å². The van der Waals surface area contributed by atoms with Gasteiger partial charge in [-0.1, -0.05) is 54.1 Å². The van der Waals surface area contributed by atoms with Crippen LogP contribution in [0.3, 0.4) is 0 Å². The van der Waals surface area contributed by atoms with E-state index in [0.717, 1.165) is 21.9 Å². The zero-order valence-electron chi connectivity index (χ0n) is 14.6. The number of thiocarbonyl (C=S) groups is 1. The zero-order valence-corrected chi connectivity index (χ0v) is 16.2. The van der Waals surface area contributed by atoms with Gasteiger partial charge in [0.15, 0.2) is 16.6 Å². The first kappa shape index (κ1) is 18.9. The molecule has 138 valence electrons. The van der Waals surface area contributed by atoms with Gasteiger partial charge in [-0.05, 0) is 46.2 Å². The van der Waals surface area contributed by atoms with Gasteiger partial charge in [0.1, 0.15) is 6.61 Å². The van der Waals surface area contributed by atoms with E-state index in [0.29, 0.717) is 23.1 Å². The lowest BCUT2D eigenvalue weighted by atomic mass is 10.1. The number of methoxy groups -OCH3 is 1. The summed E-state index contributed by atoms with van der Waals surface area (Å²) in [6.07, 6.45) is 1.54. The van der Waals surface area contributed by atoms with Crippen molar-refractivity contribution >= 4 is 45.9 Å². The van der Waals surface area contributed by atoms with Crippen molar-refractivity contribution in [2.24, 2.45) is 10.8 Å². The molecule has 3 aromatic carbocycles. The molecule has 0 bridgehead atoms. The summed E-state index contributed by atoms with van der Waals surface area (Å²) in [4.78, 5) is 0. The first-order valence-corrected chi connectivity index (χ1v) is 8.92. The molecule has 0 aliphatic heterocycles. The van der Waals surface area contributed by atoms with Gasteiger partial charge in [0, 0.05) is 0 Å². The molecule has 0 radical (unpaired) electrons. The van der Waals surface area contributed by atoms with Crippen molar-refractivity contribution in [1.82, 2.24) is 5.43 Å².